The first kappa shape index (κ1) is 13.5. The molecule has 0 spiro atoms. The van der Waals surface area contributed by atoms with Gasteiger partial charge in [0.2, 0.25) is 0 Å². The lowest BCUT2D eigenvalue weighted by molar-refractivity contribution is 0.320. The molecule has 0 aliphatic rings. The number of nitrogens with zero attached hydrogens (tertiary/aromatic N) is 1. The van der Waals surface area contributed by atoms with E-state index in [4.69, 9.17) is 5.21 Å². The van der Waals surface area contributed by atoms with E-state index in [1.807, 2.05) is 24.3 Å². The van der Waals surface area contributed by atoms with Crippen LogP contribution in [-0.2, 0) is 0 Å². The van der Waals surface area contributed by atoms with E-state index in [9.17, 15) is 4.39 Å². The van der Waals surface area contributed by atoms with Crippen molar-refractivity contribution in [1.82, 2.24) is 0 Å². The fraction of sp³-hybridized carbons (Fsp3) is 0. The molecule has 0 bridgehead atoms. The van der Waals surface area contributed by atoms with Crippen molar-refractivity contribution in [2.45, 2.75) is 0 Å². The Morgan fingerprint density at radius 3 is 2.26 bits per heavy atom. The van der Waals surface area contributed by atoms with Crippen LogP contribution in [0, 0.1) is 5.82 Å². The van der Waals surface area contributed by atoms with Gasteiger partial charge in [-0.1, -0.05) is 51.4 Å². The molecule has 0 fully saturated rings. The molecule has 2 aromatic carbocycles. The molecule has 0 atom stereocenters. The Hall–Kier alpha value is -1.94. The Bertz CT molecular complexity index is 603. The van der Waals surface area contributed by atoms with E-state index < -0.39 is 0 Å². The van der Waals surface area contributed by atoms with Gasteiger partial charge in [-0.3, -0.25) is 0 Å². The minimum atomic E-state index is -0.277. The van der Waals surface area contributed by atoms with Crippen LogP contribution in [0.2, 0.25) is 0 Å². The molecule has 0 aromatic heterocycles. The van der Waals surface area contributed by atoms with Gasteiger partial charge in [0.1, 0.15) is 11.5 Å². The minimum Gasteiger partial charge on any atom is -0.410 e. The standard InChI is InChI=1S/C15H11BrFNO/c16-13-6-4-12(5-7-13)15(18-19)10-3-11-1-8-14(17)9-2-11/h1-10,19H/b10-3+,18-15+. The van der Waals surface area contributed by atoms with Crippen molar-refractivity contribution in [3.8, 4) is 0 Å². The highest BCUT2D eigenvalue weighted by Gasteiger charge is 2.00. The lowest BCUT2D eigenvalue weighted by atomic mass is 10.1. The zero-order valence-electron chi connectivity index (χ0n) is 9.92. The van der Waals surface area contributed by atoms with Gasteiger partial charge in [-0.15, -0.1) is 0 Å². The Balaban J connectivity index is 2.20. The molecule has 0 heterocycles. The maximum atomic E-state index is 12.8. The molecule has 0 aliphatic carbocycles. The molecular formula is C15H11BrFNO. The van der Waals surface area contributed by atoms with E-state index in [0.717, 1.165) is 15.6 Å². The molecule has 1 N–H and O–H groups in total. The zero-order chi connectivity index (χ0) is 13.7. The molecule has 19 heavy (non-hydrogen) atoms. The van der Waals surface area contributed by atoms with Crippen molar-refractivity contribution in [2.24, 2.45) is 5.16 Å². The minimum absolute atomic E-state index is 0.277. The van der Waals surface area contributed by atoms with Gasteiger partial charge in [-0.05, 0) is 35.9 Å². The van der Waals surface area contributed by atoms with E-state index in [1.165, 1.54) is 12.1 Å². The van der Waals surface area contributed by atoms with Crippen molar-refractivity contribution in [3.05, 3.63) is 76.0 Å². The molecular weight excluding hydrogens is 309 g/mol. The van der Waals surface area contributed by atoms with Crippen LogP contribution in [0.3, 0.4) is 0 Å². The summed E-state index contributed by atoms with van der Waals surface area (Å²) in [4.78, 5) is 0. The van der Waals surface area contributed by atoms with Gasteiger partial charge in [0, 0.05) is 10.0 Å². The van der Waals surface area contributed by atoms with Gasteiger partial charge in [-0.2, -0.15) is 0 Å². The second-order valence-corrected chi connectivity index (χ2v) is 4.79. The maximum absolute atomic E-state index is 12.8. The average Bonchev–Trinajstić information content (AvgIpc) is 2.43. The molecule has 2 rings (SSSR count). The summed E-state index contributed by atoms with van der Waals surface area (Å²) >= 11 is 3.34. The zero-order valence-corrected chi connectivity index (χ0v) is 11.5. The normalized spacial score (nSPS) is 12.0. The number of oxime groups is 1. The summed E-state index contributed by atoms with van der Waals surface area (Å²) in [5.74, 6) is -0.277. The first-order valence-corrected chi connectivity index (χ1v) is 6.40. The SMILES string of the molecule is O/N=C(\C=C\c1ccc(F)cc1)c1ccc(Br)cc1. The van der Waals surface area contributed by atoms with E-state index >= 15 is 0 Å². The summed E-state index contributed by atoms with van der Waals surface area (Å²) in [6.07, 6.45) is 3.44. The molecule has 0 amide bonds. The first-order valence-electron chi connectivity index (χ1n) is 5.60. The number of rotatable bonds is 3. The molecule has 0 unspecified atom stereocenters. The van der Waals surface area contributed by atoms with Gasteiger partial charge < -0.3 is 5.21 Å². The smallest absolute Gasteiger partial charge is 0.123 e. The number of allylic oxidation sites excluding steroid dienone is 1. The van der Waals surface area contributed by atoms with E-state index in [0.29, 0.717) is 5.71 Å². The van der Waals surface area contributed by atoms with Gasteiger partial charge in [-0.25, -0.2) is 4.39 Å². The van der Waals surface area contributed by atoms with Crippen molar-refractivity contribution in [3.63, 3.8) is 0 Å². The summed E-state index contributed by atoms with van der Waals surface area (Å²) < 4.78 is 13.7. The second-order valence-electron chi connectivity index (χ2n) is 3.88. The molecule has 2 aromatic rings. The Labute approximate surface area is 119 Å². The molecule has 0 radical (unpaired) electrons. The van der Waals surface area contributed by atoms with Crippen LogP contribution in [0.4, 0.5) is 4.39 Å². The molecule has 4 heteroatoms. The molecule has 0 saturated carbocycles. The monoisotopic (exact) mass is 319 g/mol. The largest absolute Gasteiger partial charge is 0.410 e. The second kappa shape index (κ2) is 6.29. The Morgan fingerprint density at radius 2 is 1.68 bits per heavy atom. The van der Waals surface area contributed by atoms with E-state index in [-0.39, 0.29) is 5.82 Å². The highest BCUT2D eigenvalue weighted by Crippen LogP contribution is 2.13. The fourth-order valence-corrected chi connectivity index (χ4v) is 1.82. The number of hydrogen-bond acceptors (Lipinski definition) is 2. The third kappa shape index (κ3) is 3.76. The Kier molecular flexibility index (Phi) is 4.47. The van der Waals surface area contributed by atoms with Crippen molar-refractivity contribution in [1.29, 1.82) is 0 Å². The third-order valence-electron chi connectivity index (χ3n) is 2.55. The van der Waals surface area contributed by atoms with Crippen molar-refractivity contribution in [2.75, 3.05) is 0 Å². The summed E-state index contributed by atoms with van der Waals surface area (Å²) in [5.41, 5.74) is 2.07. The average molecular weight is 320 g/mol. The summed E-state index contributed by atoms with van der Waals surface area (Å²) in [6, 6.07) is 13.5. The fourth-order valence-electron chi connectivity index (χ4n) is 1.56. The summed E-state index contributed by atoms with van der Waals surface area (Å²) in [6.45, 7) is 0. The van der Waals surface area contributed by atoms with Gasteiger partial charge in [0.15, 0.2) is 0 Å². The number of benzene rings is 2. The highest BCUT2D eigenvalue weighted by molar-refractivity contribution is 9.10. The van der Waals surface area contributed by atoms with Crippen molar-refractivity contribution >= 4 is 27.7 Å². The first-order chi connectivity index (χ1) is 9.19. The van der Waals surface area contributed by atoms with Crippen molar-refractivity contribution < 1.29 is 9.60 Å². The predicted molar refractivity (Wildman–Crippen MR) is 77.9 cm³/mol. The van der Waals surface area contributed by atoms with Crippen LogP contribution in [0.1, 0.15) is 11.1 Å². The van der Waals surface area contributed by atoms with Crippen LogP contribution >= 0.6 is 15.9 Å². The molecule has 0 saturated heterocycles. The number of hydrogen-bond donors (Lipinski definition) is 1. The quantitative estimate of drug-likeness (QED) is 0.505. The topological polar surface area (TPSA) is 32.6 Å². The van der Waals surface area contributed by atoms with Gasteiger partial charge >= 0.3 is 0 Å². The highest BCUT2D eigenvalue weighted by atomic mass is 79.9. The van der Waals surface area contributed by atoms with Crippen LogP contribution in [0.5, 0.6) is 0 Å². The lowest BCUT2D eigenvalue weighted by Gasteiger charge is -2.00. The molecule has 0 aliphatic heterocycles. The third-order valence-corrected chi connectivity index (χ3v) is 3.08. The maximum Gasteiger partial charge on any atom is 0.123 e. The van der Waals surface area contributed by atoms with E-state index in [2.05, 4.69) is 21.1 Å². The van der Waals surface area contributed by atoms with Crippen LogP contribution in [0.25, 0.3) is 6.08 Å². The predicted octanol–water partition coefficient (Wildman–Crippen LogP) is 4.48. The summed E-state index contributed by atoms with van der Waals surface area (Å²) in [5, 5.41) is 12.3. The summed E-state index contributed by atoms with van der Waals surface area (Å²) in [7, 11) is 0. The van der Waals surface area contributed by atoms with E-state index in [1.54, 1.807) is 24.3 Å². The Morgan fingerprint density at radius 1 is 1.05 bits per heavy atom. The van der Waals surface area contributed by atoms with Gasteiger partial charge in [0.05, 0.1) is 0 Å². The number of halogens is 2. The molecule has 96 valence electrons. The van der Waals surface area contributed by atoms with Crippen LogP contribution < -0.4 is 0 Å². The van der Waals surface area contributed by atoms with Crippen LogP contribution in [0.15, 0.2) is 64.2 Å². The van der Waals surface area contributed by atoms with Gasteiger partial charge in [0.25, 0.3) is 0 Å². The van der Waals surface area contributed by atoms with Crippen LogP contribution in [-0.4, -0.2) is 10.9 Å². The lowest BCUT2D eigenvalue weighted by Crippen LogP contribution is -1.96. The molecule has 2 nitrogen and oxygen atoms in total.